The number of aromatic nitrogens is 3. The Labute approximate surface area is 102 Å². The molecule has 0 bridgehead atoms. The smallest absolute Gasteiger partial charge is 0.212 e. The minimum Gasteiger partial charge on any atom is -0.297 e. The number of nitrogens with zero attached hydrogens (tertiary/aromatic N) is 3. The Bertz CT molecular complexity index is 481. The standard InChI is InChI=1S/C7H3ClIN3OS/c8-6-5(3-13)14-7(11-6)12-2-4(9)1-10-12/h1-3H. The van der Waals surface area contributed by atoms with Gasteiger partial charge in [-0.25, -0.2) is 9.67 Å². The molecular formula is C7H3ClIN3OS. The van der Waals surface area contributed by atoms with Crippen molar-refractivity contribution in [1.82, 2.24) is 14.8 Å². The second kappa shape index (κ2) is 3.95. The molecule has 2 heterocycles. The molecule has 0 aromatic carbocycles. The van der Waals surface area contributed by atoms with Crippen molar-refractivity contribution in [2.24, 2.45) is 0 Å². The fraction of sp³-hybridized carbons (Fsp3) is 0. The fourth-order valence-electron chi connectivity index (χ4n) is 0.878. The lowest BCUT2D eigenvalue weighted by atomic mass is 10.6. The average Bonchev–Trinajstić information content (AvgIpc) is 2.71. The molecule has 0 amide bonds. The molecule has 4 nitrogen and oxygen atoms in total. The van der Waals surface area contributed by atoms with Crippen LogP contribution in [0.25, 0.3) is 5.13 Å². The van der Waals surface area contributed by atoms with Gasteiger partial charge in [-0.2, -0.15) is 5.10 Å². The summed E-state index contributed by atoms with van der Waals surface area (Å²) in [6.45, 7) is 0. The van der Waals surface area contributed by atoms with E-state index in [9.17, 15) is 4.79 Å². The van der Waals surface area contributed by atoms with Gasteiger partial charge < -0.3 is 0 Å². The van der Waals surface area contributed by atoms with Crippen LogP contribution < -0.4 is 0 Å². The number of aldehydes is 1. The maximum Gasteiger partial charge on any atom is 0.212 e. The molecular weight excluding hydrogens is 337 g/mol. The summed E-state index contributed by atoms with van der Waals surface area (Å²) in [5.41, 5.74) is 0. The van der Waals surface area contributed by atoms with Crippen LogP contribution in [-0.4, -0.2) is 21.1 Å². The van der Waals surface area contributed by atoms with Gasteiger partial charge in [0.25, 0.3) is 0 Å². The first-order valence-corrected chi connectivity index (χ1v) is 5.80. The van der Waals surface area contributed by atoms with E-state index < -0.39 is 0 Å². The lowest BCUT2D eigenvalue weighted by Crippen LogP contribution is -1.91. The second-order valence-corrected chi connectivity index (χ2v) is 4.99. The summed E-state index contributed by atoms with van der Waals surface area (Å²) in [5, 5.41) is 4.88. The molecule has 0 atom stereocenters. The first-order chi connectivity index (χ1) is 6.70. The molecule has 2 aromatic rings. The van der Waals surface area contributed by atoms with E-state index >= 15 is 0 Å². The van der Waals surface area contributed by atoms with Crippen LogP contribution in [0.2, 0.25) is 5.15 Å². The number of hydrogen-bond acceptors (Lipinski definition) is 4. The Balaban J connectivity index is 2.47. The van der Waals surface area contributed by atoms with Crippen molar-refractivity contribution in [2.45, 2.75) is 0 Å². The molecule has 2 rings (SSSR count). The van der Waals surface area contributed by atoms with Crippen LogP contribution in [0.3, 0.4) is 0 Å². The highest BCUT2D eigenvalue weighted by Crippen LogP contribution is 2.23. The van der Waals surface area contributed by atoms with Crippen LogP contribution in [0.1, 0.15) is 9.67 Å². The highest BCUT2D eigenvalue weighted by Gasteiger charge is 2.10. The lowest BCUT2D eigenvalue weighted by Gasteiger charge is -1.90. The normalized spacial score (nSPS) is 10.4. The van der Waals surface area contributed by atoms with Gasteiger partial charge in [0.1, 0.15) is 4.88 Å². The molecule has 0 radical (unpaired) electrons. The van der Waals surface area contributed by atoms with Crippen molar-refractivity contribution in [1.29, 1.82) is 0 Å². The predicted octanol–water partition coefficient (Wildman–Crippen LogP) is 2.40. The molecule has 0 spiro atoms. The Morgan fingerprint density at radius 2 is 2.43 bits per heavy atom. The van der Waals surface area contributed by atoms with E-state index in [1.165, 1.54) is 11.3 Å². The number of hydrogen-bond donors (Lipinski definition) is 0. The monoisotopic (exact) mass is 339 g/mol. The molecule has 2 aromatic heterocycles. The van der Waals surface area contributed by atoms with Gasteiger partial charge in [-0.05, 0) is 22.6 Å². The largest absolute Gasteiger partial charge is 0.297 e. The molecule has 0 saturated carbocycles. The molecule has 0 saturated heterocycles. The minimum absolute atomic E-state index is 0.227. The van der Waals surface area contributed by atoms with Gasteiger partial charge in [0.15, 0.2) is 11.4 Å². The highest BCUT2D eigenvalue weighted by molar-refractivity contribution is 14.1. The summed E-state index contributed by atoms with van der Waals surface area (Å²) in [7, 11) is 0. The maximum atomic E-state index is 10.5. The zero-order valence-corrected chi connectivity index (χ0v) is 10.4. The Morgan fingerprint density at radius 1 is 1.64 bits per heavy atom. The number of carbonyl (C=O) groups excluding carboxylic acids is 1. The lowest BCUT2D eigenvalue weighted by molar-refractivity contribution is 0.112. The SMILES string of the molecule is O=Cc1sc(-n2cc(I)cn2)nc1Cl. The Kier molecular flexibility index (Phi) is 2.84. The predicted molar refractivity (Wildman–Crippen MR) is 62.4 cm³/mol. The number of thiazole rings is 1. The molecule has 0 N–H and O–H groups in total. The van der Waals surface area contributed by atoms with Crippen molar-refractivity contribution in [3.8, 4) is 5.13 Å². The molecule has 72 valence electrons. The third kappa shape index (κ3) is 1.82. The van der Waals surface area contributed by atoms with Crippen molar-refractivity contribution in [3.63, 3.8) is 0 Å². The van der Waals surface area contributed by atoms with Gasteiger partial charge in [0, 0.05) is 6.20 Å². The third-order valence-corrected chi connectivity index (χ3v) is 3.38. The van der Waals surface area contributed by atoms with E-state index in [4.69, 9.17) is 11.6 Å². The van der Waals surface area contributed by atoms with Crippen LogP contribution in [0.15, 0.2) is 12.4 Å². The zero-order valence-electron chi connectivity index (χ0n) is 6.65. The molecule has 0 unspecified atom stereocenters. The van der Waals surface area contributed by atoms with Crippen LogP contribution in [-0.2, 0) is 0 Å². The quantitative estimate of drug-likeness (QED) is 0.623. The summed E-state index contributed by atoms with van der Waals surface area (Å²) in [6.07, 6.45) is 4.21. The Hall–Kier alpha value is -0.470. The van der Waals surface area contributed by atoms with Crippen LogP contribution in [0, 0.1) is 3.57 Å². The van der Waals surface area contributed by atoms with Crippen molar-refractivity contribution in [2.75, 3.05) is 0 Å². The van der Waals surface area contributed by atoms with Gasteiger partial charge in [0.2, 0.25) is 5.13 Å². The third-order valence-electron chi connectivity index (χ3n) is 1.45. The van der Waals surface area contributed by atoms with E-state index in [-0.39, 0.29) is 5.15 Å². The second-order valence-electron chi connectivity index (χ2n) is 2.37. The van der Waals surface area contributed by atoms with E-state index in [2.05, 4.69) is 32.7 Å². The first kappa shape index (κ1) is 10.1. The molecule has 0 aliphatic rings. The van der Waals surface area contributed by atoms with Gasteiger partial charge >= 0.3 is 0 Å². The van der Waals surface area contributed by atoms with Crippen molar-refractivity contribution in [3.05, 3.63) is 26.0 Å². The topological polar surface area (TPSA) is 47.8 Å². The molecule has 0 fully saturated rings. The average molecular weight is 340 g/mol. The minimum atomic E-state index is 0.227. The highest BCUT2D eigenvalue weighted by atomic mass is 127. The molecule has 14 heavy (non-hydrogen) atoms. The summed E-state index contributed by atoms with van der Waals surface area (Å²) >= 11 is 9.08. The molecule has 0 aliphatic heterocycles. The van der Waals surface area contributed by atoms with Crippen LogP contribution >= 0.6 is 45.5 Å². The van der Waals surface area contributed by atoms with E-state index in [1.54, 1.807) is 10.9 Å². The van der Waals surface area contributed by atoms with E-state index in [0.717, 1.165) is 3.57 Å². The van der Waals surface area contributed by atoms with Gasteiger partial charge in [0.05, 0.1) is 9.77 Å². The summed E-state index contributed by atoms with van der Waals surface area (Å²) in [5.74, 6) is 0. The van der Waals surface area contributed by atoms with Gasteiger partial charge in [-0.1, -0.05) is 22.9 Å². The van der Waals surface area contributed by atoms with E-state index in [0.29, 0.717) is 16.3 Å². The summed E-state index contributed by atoms with van der Waals surface area (Å²) in [4.78, 5) is 15.0. The maximum absolute atomic E-state index is 10.5. The van der Waals surface area contributed by atoms with Crippen molar-refractivity contribution < 1.29 is 4.79 Å². The van der Waals surface area contributed by atoms with Crippen molar-refractivity contribution >= 4 is 51.8 Å². The number of halogens is 2. The fourth-order valence-corrected chi connectivity index (χ4v) is 2.26. The number of rotatable bonds is 2. The Morgan fingerprint density at radius 3 is 2.93 bits per heavy atom. The molecule has 7 heteroatoms. The molecule has 0 aliphatic carbocycles. The van der Waals surface area contributed by atoms with Gasteiger partial charge in [-0.3, -0.25) is 4.79 Å². The zero-order chi connectivity index (χ0) is 10.1. The van der Waals surface area contributed by atoms with E-state index in [1.807, 2.05) is 6.20 Å². The van der Waals surface area contributed by atoms with Crippen LogP contribution in [0.4, 0.5) is 0 Å². The summed E-state index contributed by atoms with van der Waals surface area (Å²) in [6, 6.07) is 0. The summed E-state index contributed by atoms with van der Waals surface area (Å²) < 4.78 is 2.59. The van der Waals surface area contributed by atoms with Crippen LogP contribution in [0.5, 0.6) is 0 Å². The number of carbonyl (C=O) groups is 1. The first-order valence-electron chi connectivity index (χ1n) is 3.53. The van der Waals surface area contributed by atoms with Gasteiger partial charge in [-0.15, -0.1) is 0 Å².